The van der Waals surface area contributed by atoms with Crippen LogP contribution in [0.3, 0.4) is 0 Å². The minimum absolute atomic E-state index is 0.0499. The zero-order valence-corrected chi connectivity index (χ0v) is 14.1. The number of fused-ring (bicyclic) bond motifs is 3. The second kappa shape index (κ2) is 6.73. The lowest BCUT2D eigenvalue weighted by Crippen LogP contribution is -2.37. The monoisotopic (exact) mass is 331 g/mol. The van der Waals surface area contributed by atoms with Crippen LogP contribution in [0, 0.1) is 17.8 Å². The molecule has 1 saturated heterocycles. The number of likely N-dealkylation sites (tertiary alicyclic amines) is 1. The van der Waals surface area contributed by atoms with Gasteiger partial charge in [0, 0.05) is 37.7 Å². The molecule has 5 heteroatoms. The Hall–Kier alpha value is -1.59. The normalized spacial score (nSPS) is 28.2. The van der Waals surface area contributed by atoms with Gasteiger partial charge in [-0.3, -0.25) is 4.79 Å². The van der Waals surface area contributed by atoms with Crippen LogP contribution in [0.1, 0.15) is 24.4 Å². The maximum atomic E-state index is 12.6. The number of para-hydroxylation sites is 1. The van der Waals surface area contributed by atoms with E-state index in [-0.39, 0.29) is 18.6 Å². The van der Waals surface area contributed by atoms with Gasteiger partial charge in [-0.15, -0.1) is 0 Å². The first-order valence-electron chi connectivity index (χ1n) is 8.85. The number of ether oxygens (including phenoxy) is 3. The first-order valence-corrected chi connectivity index (χ1v) is 8.85. The molecule has 3 atom stereocenters. The summed E-state index contributed by atoms with van der Waals surface area (Å²) in [5.74, 6) is 2.32. The van der Waals surface area contributed by atoms with Gasteiger partial charge in [-0.2, -0.15) is 0 Å². The zero-order chi connectivity index (χ0) is 16.5. The number of rotatable bonds is 6. The van der Waals surface area contributed by atoms with Gasteiger partial charge in [0.2, 0.25) is 5.91 Å². The third-order valence-corrected chi connectivity index (χ3v) is 5.42. The van der Waals surface area contributed by atoms with E-state index >= 15 is 0 Å². The summed E-state index contributed by atoms with van der Waals surface area (Å²) in [4.78, 5) is 14.5. The molecule has 0 radical (unpaired) electrons. The lowest BCUT2D eigenvalue weighted by atomic mass is 9.85. The van der Waals surface area contributed by atoms with Gasteiger partial charge in [0.05, 0.1) is 19.3 Å². The molecule has 0 spiro atoms. The van der Waals surface area contributed by atoms with E-state index in [1.54, 1.807) is 7.11 Å². The summed E-state index contributed by atoms with van der Waals surface area (Å²) in [5.41, 5.74) is 1.11. The molecule has 0 aromatic heterocycles. The summed E-state index contributed by atoms with van der Waals surface area (Å²) in [5, 5.41) is 0. The Bertz CT molecular complexity index is 601. The highest BCUT2D eigenvalue weighted by Crippen LogP contribution is 2.47. The minimum Gasteiger partial charge on any atom is -0.493 e. The van der Waals surface area contributed by atoms with E-state index in [1.807, 2.05) is 23.1 Å². The van der Waals surface area contributed by atoms with E-state index in [9.17, 15) is 4.79 Å². The number of nitrogens with zero attached hydrogens (tertiary/aromatic N) is 1. The average Bonchev–Trinajstić information content (AvgIpc) is 3.34. The molecule has 1 amide bonds. The van der Waals surface area contributed by atoms with Crippen LogP contribution in [-0.4, -0.2) is 50.9 Å². The molecule has 1 saturated carbocycles. The molecule has 24 heavy (non-hydrogen) atoms. The molecule has 1 aliphatic carbocycles. The number of hydrogen-bond acceptors (Lipinski definition) is 4. The molecule has 2 heterocycles. The van der Waals surface area contributed by atoms with Crippen molar-refractivity contribution in [2.75, 3.05) is 40.1 Å². The summed E-state index contributed by atoms with van der Waals surface area (Å²) in [6.45, 7) is 3.06. The average molecular weight is 331 g/mol. The van der Waals surface area contributed by atoms with Gasteiger partial charge in [0.1, 0.15) is 12.4 Å². The van der Waals surface area contributed by atoms with Crippen LogP contribution < -0.4 is 4.74 Å². The van der Waals surface area contributed by atoms with Crippen LogP contribution in [0.25, 0.3) is 0 Å². The van der Waals surface area contributed by atoms with Crippen molar-refractivity contribution in [1.29, 1.82) is 0 Å². The Labute approximate surface area is 142 Å². The molecule has 4 rings (SSSR count). The van der Waals surface area contributed by atoms with Crippen LogP contribution in [0.2, 0.25) is 0 Å². The molecule has 1 aromatic rings. The highest BCUT2D eigenvalue weighted by Gasteiger charge is 2.48. The van der Waals surface area contributed by atoms with E-state index in [0.29, 0.717) is 25.0 Å². The van der Waals surface area contributed by atoms with Gasteiger partial charge in [0.15, 0.2) is 0 Å². The maximum Gasteiger partial charge on any atom is 0.249 e. The van der Waals surface area contributed by atoms with Gasteiger partial charge in [0.25, 0.3) is 0 Å². The summed E-state index contributed by atoms with van der Waals surface area (Å²) < 4.78 is 17.0. The second-order valence-electron chi connectivity index (χ2n) is 7.18. The number of amides is 1. The van der Waals surface area contributed by atoms with Gasteiger partial charge >= 0.3 is 0 Å². The molecule has 2 aliphatic heterocycles. The van der Waals surface area contributed by atoms with Crippen molar-refractivity contribution in [2.45, 2.75) is 18.9 Å². The van der Waals surface area contributed by atoms with Crippen molar-refractivity contribution < 1.29 is 19.0 Å². The Kier molecular flexibility index (Phi) is 4.46. The smallest absolute Gasteiger partial charge is 0.249 e. The minimum atomic E-state index is 0.0499. The summed E-state index contributed by atoms with van der Waals surface area (Å²) >= 11 is 0. The predicted molar refractivity (Wildman–Crippen MR) is 88.8 cm³/mol. The number of carbonyl (C=O) groups excluding carboxylic acids is 1. The fraction of sp³-hybridized carbons (Fsp3) is 0.632. The standard InChI is InChI=1S/C19H25NO4/c1-22-12-18(21)20-8-14(10-23-9-13-6-7-13)16-11-24-17-5-3-2-4-15(17)19(16)20/h2-5,13-14,16,19H,6-12H2,1H3/t14-,16-,19-/m0/s1. The summed E-state index contributed by atoms with van der Waals surface area (Å²) in [6, 6.07) is 8.13. The fourth-order valence-electron chi connectivity index (χ4n) is 3.97. The second-order valence-corrected chi connectivity index (χ2v) is 7.18. The number of hydrogen-bond donors (Lipinski definition) is 0. The molecule has 0 unspecified atom stereocenters. The van der Waals surface area contributed by atoms with Crippen molar-refractivity contribution in [3.63, 3.8) is 0 Å². The topological polar surface area (TPSA) is 48.0 Å². The molecule has 130 valence electrons. The molecule has 5 nitrogen and oxygen atoms in total. The number of benzene rings is 1. The highest BCUT2D eigenvalue weighted by molar-refractivity contribution is 5.78. The zero-order valence-electron chi connectivity index (χ0n) is 14.1. The number of carbonyl (C=O) groups is 1. The molecular weight excluding hydrogens is 306 g/mol. The largest absolute Gasteiger partial charge is 0.493 e. The number of methoxy groups -OCH3 is 1. The Morgan fingerprint density at radius 2 is 2.12 bits per heavy atom. The summed E-state index contributed by atoms with van der Waals surface area (Å²) in [6.07, 6.45) is 2.59. The molecule has 3 aliphatic rings. The first-order chi connectivity index (χ1) is 11.8. The van der Waals surface area contributed by atoms with Crippen LogP contribution >= 0.6 is 0 Å². The van der Waals surface area contributed by atoms with Crippen LogP contribution in [0.5, 0.6) is 5.75 Å². The van der Waals surface area contributed by atoms with Gasteiger partial charge < -0.3 is 19.1 Å². The van der Waals surface area contributed by atoms with E-state index in [1.165, 1.54) is 12.8 Å². The third-order valence-electron chi connectivity index (χ3n) is 5.42. The van der Waals surface area contributed by atoms with Crippen LogP contribution in [-0.2, 0) is 14.3 Å². The molecule has 0 bridgehead atoms. The highest BCUT2D eigenvalue weighted by atomic mass is 16.5. The fourth-order valence-corrected chi connectivity index (χ4v) is 3.97. The quantitative estimate of drug-likeness (QED) is 0.802. The van der Waals surface area contributed by atoms with E-state index < -0.39 is 0 Å². The molecule has 1 aromatic carbocycles. The van der Waals surface area contributed by atoms with E-state index in [2.05, 4.69) is 6.07 Å². The Morgan fingerprint density at radius 3 is 2.92 bits per heavy atom. The molecular formula is C19H25NO4. The van der Waals surface area contributed by atoms with Crippen molar-refractivity contribution in [1.82, 2.24) is 4.90 Å². The maximum absolute atomic E-state index is 12.6. The first kappa shape index (κ1) is 15.9. The third kappa shape index (κ3) is 3.03. The lowest BCUT2D eigenvalue weighted by Gasteiger charge is -2.34. The van der Waals surface area contributed by atoms with Crippen LogP contribution in [0.4, 0.5) is 0 Å². The van der Waals surface area contributed by atoms with Crippen molar-refractivity contribution in [3.05, 3.63) is 29.8 Å². The van der Waals surface area contributed by atoms with Gasteiger partial charge in [-0.25, -0.2) is 0 Å². The molecule has 0 N–H and O–H groups in total. The van der Waals surface area contributed by atoms with E-state index in [0.717, 1.165) is 30.4 Å². The van der Waals surface area contributed by atoms with Gasteiger partial charge in [-0.1, -0.05) is 18.2 Å². The van der Waals surface area contributed by atoms with Gasteiger partial charge in [-0.05, 0) is 24.8 Å². The van der Waals surface area contributed by atoms with Crippen molar-refractivity contribution >= 4 is 5.91 Å². The van der Waals surface area contributed by atoms with Crippen LogP contribution in [0.15, 0.2) is 24.3 Å². The van der Waals surface area contributed by atoms with Crippen molar-refractivity contribution in [2.24, 2.45) is 17.8 Å². The Morgan fingerprint density at radius 1 is 1.29 bits per heavy atom. The molecule has 2 fully saturated rings. The van der Waals surface area contributed by atoms with E-state index in [4.69, 9.17) is 14.2 Å². The summed E-state index contributed by atoms with van der Waals surface area (Å²) in [7, 11) is 1.57. The lowest BCUT2D eigenvalue weighted by molar-refractivity contribution is -0.136. The predicted octanol–water partition coefficient (Wildman–Crippen LogP) is 2.27. The SMILES string of the molecule is COCC(=O)N1C[C@@H](COCC2CC2)[C@@H]2COc3ccccc3[C@@H]21. The van der Waals surface area contributed by atoms with Crippen molar-refractivity contribution in [3.8, 4) is 5.75 Å². The Balaban J connectivity index is 1.54.